The van der Waals surface area contributed by atoms with Gasteiger partial charge in [0.15, 0.2) is 0 Å². The number of carbonyl (C=O) groups is 2. The van der Waals surface area contributed by atoms with Crippen molar-refractivity contribution in [1.29, 1.82) is 0 Å². The van der Waals surface area contributed by atoms with Gasteiger partial charge < -0.3 is 10.2 Å². The summed E-state index contributed by atoms with van der Waals surface area (Å²) in [5.41, 5.74) is 2.42. The van der Waals surface area contributed by atoms with Crippen LogP contribution in [-0.4, -0.2) is 41.6 Å². The Labute approximate surface area is 175 Å². The fraction of sp³-hybridized carbons (Fsp3) is 0.524. The predicted octanol–water partition coefficient (Wildman–Crippen LogP) is 2.76. The Bertz CT molecular complexity index is 866. The van der Waals surface area contributed by atoms with Gasteiger partial charge in [0.2, 0.25) is 22.1 Å². The third-order valence-corrected chi connectivity index (χ3v) is 6.68. The summed E-state index contributed by atoms with van der Waals surface area (Å²) < 4.78 is 0. The number of rotatable bonds is 6. The number of anilines is 2. The molecule has 0 radical (unpaired) electrons. The summed E-state index contributed by atoms with van der Waals surface area (Å²) in [5, 5.41) is 13.1. The van der Waals surface area contributed by atoms with E-state index in [4.69, 9.17) is 0 Å². The molecule has 1 atom stereocenters. The van der Waals surface area contributed by atoms with Gasteiger partial charge in [-0.05, 0) is 36.8 Å². The second kappa shape index (κ2) is 8.90. The van der Waals surface area contributed by atoms with Crippen LogP contribution >= 0.6 is 11.3 Å². The van der Waals surface area contributed by atoms with Gasteiger partial charge in [0.05, 0.1) is 5.92 Å². The van der Waals surface area contributed by atoms with Gasteiger partial charge in [-0.3, -0.25) is 14.5 Å². The van der Waals surface area contributed by atoms with Crippen LogP contribution in [0.25, 0.3) is 0 Å². The van der Waals surface area contributed by atoms with Crippen molar-refractivity contribution in [2.24, 2.45) is 5.92 Å². The molecule has 3 heterocycles. The maximum Gasteiger partial charge on any atom is 0.228 e. The maximum atomic E-state index is 12.7. The minimum atomic E-state index is -0.0561. The van der Waals surface area contributed by atoms with Gasteiger partial charge in [-0.25, -0.2) is 0 Å². The van der Waals surface area contributed by atoms with Crippen LogP contribution in [0.5, 0.6) is 0 Å². The SMILES string of the molecule is CCc1ccc(CNC(=O)[C@H]2CCCN(c3nnc(N4CCCC4=O)s3)C2)cc1. The fourth-order valence-electron chi connectivity index (χ4n) is 3.89. The summed E-state index contributed by atoms with van der Waals surface area (Å²) in [5.74, 6) is 0.156. The average molecular weight is 414 g/mol. The van der Waals surface area contributed by atoms with Crippen LogP contribution in [0.4, 0.5) is 10.3 Å². The number of nitrogens with one attached hydrogen (secondary N) is 1. The predicted molar refractivity (Wildman–Crippen MR) is 114 cm³/mol. The third kappa shape index (κ3) is 4.58. The number of nitrogens with zero attached hydrogens (tertiary/aromatic N) is 4. The first-order valence-corrected chi connectivity index (χ1v) is 11.2. The van der Waals surface area contributed by atoms with Gasteiger partial charge in [0.1, 0.15) is 0 Å². The van der Waals surface area contributed by atoms with Crippen molar-refractivity contribution < 1.29 is 9.59 Å². The van der Waals surface area contributed by atoms with Crippen molar-refractivity contribution >= 4 is 33.4 Å². The maximum absolute atomic E-state index is 12.7. The Morgan fingerprint density at radius 3 is 2.62 bits per heavy atom. The number of hydrogen-bond donors (Lipinski definition) is 1. The Hall–Kier alpha value is -2.48. The molecule has 1 aromatic heterocycles. The molecule has 2 amide bonds. The molecule has 4 rings (SSSR count). The van der Waals surface area contributed by atoms with E-state index in [2.05, 4.69) is 51.6 Å². The Morgan fingerprint density at radius 1 is 1.14 bits per heavy atom. The van der Waals surface area contributed by atoms with E-state index >= 15 is 0 Å². The highest BCUT2D eigenvalue weighted by molar-refractivity contribution is 7.19. The van der Waals surface area contributed by atoms with E-state index in [1.807, 2.05) is 0 Å². The minimum Gasteiger partial charge on any atom is -0.352 e. The Morgan fingerprint density at radius 2 is 1.90 bits per heavy atom. The molecule has 2 aliphatic heterocycles. The van der Waals surface area contributed by atoms with E-state index in [1.165, 1.54) is 16.9 Å². The lowest BCUT2D eigenvalue weighted by atomic mass is 9.97. The molecule has 1 N–H and O–H groups in total. The molecule has 8 heteroatoms. The molecule has 0 aliphatic carbocycles. The molecule has 0 bridgehead atoms. The summed E-state index contributed by atoms with van der Waals surface area (Å²) in [6.07, 6.45) is 4.31. The van der Waals surface area contributed by atoms with Crippen LogP contribution < -0.4 is 15.1 Å². The average Bonchev–Trinajstić information content (AvgIpc) is 3.41. The summed E-state index contributed by atoms with van der Waals surface area (Å²) in [7, 11) is 0. The summed E-state index contributed by atoms with van der Waals surface area (Å²) in [6, 6.07) is 8.38. The van der Waals surface area contributed by atoms with Crippen molar-refractivity contribution in [3.8, 4) is 0 Å². The summed E-state index contributed by atoms with van der Waals surface area (Å²) >= 11 is 1.44. The van der Waals surface area contributed by atoms with Crippen molar-refractivity contribution in [2.75, 3.05) is 29.4 Å². The largest absolute Gasteiger partial charge is 0.352 e. The van der Waals surface area contributed by atoms with E-state index in [-0.39, 0.29) is 17.7 Å². The van der Waals surface area contributed by atoms with Crippen LogP contribution in [0, 0.1) is 5.92 Å². The lowest BCUT2D eigenvalue weighted by molar-refractivity contribution is -0.125. The fourth-order valence-corrected chi connectivity index (χ4v) is 4.81. The number of carbonyl (C=O) groups excluding carboxylic acids is 2. The second-order valence-electron chi connectivity index (χ2n) is 7.69. The molecule has 2 fully saturated rings. The Balaban J connectivity index is 1.33. The normalized spacial score (nSPS) is 19.6. The van der Waals surface area contributed by atoms with E-state index in [1.54, 1.807) is 4.90 Å². The highest BCUT2D eigenvalue weighted by Crippen LogP contribution is 2.32. The molecular weight excluding hydrogens is 386 g/mol. The number of hydrogen-bond acceptors (Lipinski definition) is 6. The highest BCUT2D eigenvalue weighted by atomic mass is 32.1. The number of aromatic nitrogens is 2. The van der Waals surface area contributed by atoms with Crippen molar-refractivity contribution in [1.82, 2.24) is 15.5 Å². The van der Waals surface area contributed by atoms with Crippen LogP contribution in [-0.2, 0) is 22.6 Å². The molecule has 2 aromatic rings. The molecule has 1 aromatic carbocycles. The van der Waals surface area contributed by atoms with Gasteiger partial charge in [-0.15, -0.1) is 10.2 Å². The second-order valence-corrected chi connectivity index (χ2v) is 8.62. The van der Waals surface area contributed by atoms with Crippen LogP contribution in [0.3, 0.4) is 0 Å². The van der Waals surface area contributed by atoms with Gasteiger partial charge in [-0.2, -0.15) is 0 Å². The van der Waals surface area contributed by atoms with E-state index in [0.29, 0.717) is 24.6 Å². The molecule has 0 saturated carbocycles. The van der Waals surface area contributed by atoms with E-state index < -0.39 is 0 Å². The molecule has 2 saturated heterocycles. The van der Waals surface area contributed by atoms with E-state index in [0.717, 1.165) is 49.5 Å². The number of aryl methyl sites for hydroxylation is 1. The van der Waals surface area contributed by atoms with E-state index in [9.17, 15) is 9.59 Å². The van der Waals surface area contributed by atoms with Gasteiger partial charge in [0, 0.05) is 32.6 Å². The Kier molecular flexibility index (Phi) is 6.08. The molecule has 154 valence electrons. The lowest BCUT2D eigenvalue weighted by Gasteiger charge is -2.31. The summed E-state index contributed by atoms with van der Waals surface area (Å²) in [4.78, 5) is 28.5. The number of piperidine rings is 1. The zero-order valence-electron chi connectivity index (χ0n) is 16.8. The van der Waals surface area contributed by atoms with Crippen molar-refractivity contribution in [3.63, 3.8) is 0 Å². The molecule has 7 nitrogen and oxygen atoms in total. The van der Waals surface area contributed by atoms with Gasteiger partial charge in [-0.1, -0.05) is 42.5 Å². The quantitative estimate of drug-likeness (QED) is 0.788. The van der Waals surface area contributed by atoms with Gasteiger partial charge >= 0.3 is 0 Å². The van der Waals surface area contributed by atoms with Crippen molar-refractivity contribution in [2.45, 2.75) is 45.6 Å². The van der Waals surface area contributed by atoms with Crippen LogP contribution in [0.1, 0.15) is 43.7 Å². The number of amides is 2. The smallest absolute Gasteiger partial charge is 0.228 e. The zero-order valence-corrected chi connectivity index (χ0v) is 17.6. The molecule has 2 aliphatic rings. The number of benzene rings is 1. The van der Waals surface area contributed by atoms with Crippen molar-refractivity contribution in [3.05, 3.63) is 35.4 Å². The topological polar surface area (TPSA) is 78.4 Å². The van der Waals surface area contributed by atoms with Crippen LogP contribution in [0.15, 0.2) is 24.3 Å². The third-order valence-electron chi connectivity index (χ3n) is 5.67. The highest BCUT2D eigenvalue weighted by Gasteiger charge is 2.29. The minimum absolute atomic E-state index is 0.0561. The lowest BCUT2D eigenvalue weighted by Crippen LogP contribution is -2.43. The van der Waals surface area contributed by atoms with Gasteiger partial charge in [0.25, 0.3) is 0 Å². The zero-order chi connectivity index (χ0) is 20.2. The molecular formula is C21H27N5O2S. The molecule has 0 spiro atoms. The first-order valence-electron chi connectivity index (χ1n) is 10.4. The first-order chi connectivity index (χ1) is 14.1. The monoisotopic (exact) mass is 413 g/mol. The molecule has 29 heavy (non-hydrogen) atoms. The van der Waals surface area contributed by atoms with Crippen LogP contribution in [0.2, 0.25) is 0 Å². The first kappa shape index (κ1) is 19.8. The standard InChI is InChI=1S/C21H27N5O2S/c1-2-15-7-9-16(10-8-15)13-22-19(28)17-5-3-11-25(14-17)20-23-24-21(29-20)26-12-4-6-18(26)27/h7-10,17H,2-6,11-14H2,1H3,(H,22,28)/t17-/m0/s1. The molecule has 0 unspecified atom stereocenters. The summed E-state index contributed by atoms with van der Waals surface area (Å²) in [6.45, 7) is 4.92.